The summed E-state index contributed by atoms with van der Waals surface area (Å²) in [6.07, 6.45) is 0.558. The lowest BCUT2D eigenvalue weighted by molar-refractivity contribution is -0.136. The third kappa shape index (κ3) is 4.82. The van der Waals surface area contributed by atoms with Crippen LogP contribution in [0, 0.1) is 0 Å². The van der Waals surface area contributed by atoms with Crippen LogP contribution in [0.4, 0.5) is 0 Å². The average Bonchev–Trinajstić information content (AvgIpc) is 3.21. The van der Waals surface area contributed by atoms with Gasteiger partial charge in [0.1, 0.15) is 35.3 Å². The van der Waals surface area contributed by atoms with Gasteiger partial charge in [-0.25, -0.2) is 0 Å². The minimum absolute atomic E-state index is 0.113. The Labute approximate surface area is 228 Å². The first kappa shape index (κ1) is 26.7. The van der Waals surface area contributed by atoms with Crippen molar-refractivity contribution in [2.24, 2.45) is 0 Å². The molecule has 3 aliphatic rings. The van der Waals surface area contributed by atoms with E-state index in [2.05, 4.69) is 52.0 Å². The van der Waals surface area contributed by atoms with E-state index in [0.717, 1.165) is 42.9 Å². The van der Waals surface area contributed by atoms with Gasteiger partial charge in [-0.1, -0.05) is 29.7 Å². The molecule has 1 N–H and O–H groups in total. The van der Waals surface area contributed by atoms with E-state index in [9.17, 15) is 14.4 Å². The van der Waals surface area contributed by atoms with Crippen LogP contribution in [-0.4, -0.2) is 99.1 Å². The molecule has 3 amide bonds. The third-order valence-corrected chi connectivity index (χ3v) is 8.29. The first-order chi connectivity index (χ1) is 18.0. The summed E-state index contributed by atoms with van der Waals surface area (Å²) in [5.41, 5.74) is 4.79. The van der Waals surface area contributed by atoms with Gasteiger partial charge in [0.15, 0.2) is 15.7 Å². The minimum Gasteiger partial charge on any atom is -0.501 e. The van der Waals surface area contributed by atoms with Crippen LogP contribution in [0.25, 0.3) is 0 Å². The van der Waals surface area contributed by atoms with E-state index in [0.29, 0.717) is 17.7 Å². The summed E-state index contributed by atoms with van der Waals surface area (Å²) in [7, 11) is 10.7. The number of hydrogen-bond acceptors (Lipinski definition) is 6. The molecule has 2 aromatic carbocycles. The van der Waals surface area contributed by atoms with Crippen molar-refractivity contribution in [3.63, 3.8) is 0 Å². The van der Waals surface area contributed by atoms with Crippen LogP contribution in [0.15, 0.2) is 36.4 Å². The quantitative estimate of drug-likeness (QED) is 0.315. The Bertz CT molecular complexity index is 1300. The monoisotopic (exact) mass is 509 g/mol. The van der Waals surface area contributed by atoms with E-state index in [1.165, 1.54) is 5.56 Å². The normalized spacial score (nSPS) is 20.8. The summed E-state index contributed by atoms with van der Waals surface area (Å²) in [6.45, 7) is 3.61. The fourth-order valence-electron chi connectivity index (χ4n) is 6.01. The molecule has 0 radical (unpaired) electrons. The van der Waals surface area contributed by atoms with Gasteiger partial charge in [-0.3, -0.25) is 19.7 Å². The lowest BCUT2D eigenvalue weighted by Gasteiger charge is -2.42. The molecule has 0 aromatic heterocycles. The molecule has 2 aromatic rings. The van der Waals surface area contributed by atoms with Gasteiger partial charge in [0.05, 0.1) is 25.2 Å². The Balaban J connectivity index is 1.38. The number of rotatable bonds is 6. The van der Waals surface area contributed by atoms with Crippen LogP contribution in [0.3, 0.4) is 0 Å². The van der Waals surface area contributed by atoms with E-state index in [-0.39, 0.29) is 30.1 Å². The van der Waals surface area contributed by atoms with Gasteiger partial charge in [0.2, 0.25) is 11.8 Å². The fraction of sp³-hybridized carbons (Fsp3) is 0.400. The average molecular weight is 509 g/mol. The molecule has 3 aliphatic heterocycles. The number of benzene rings is 2. The molecule has 8 nitrogen and oxygen atoms in total. The highest BCUT2D eigenvalue weighted by Gasteiger charge is 2.41. The molecular weight excluding hydrogens is 476 g/mol. The van der Waals surface area contributed by atoms with E-state index in [1.54, 1.807) is 11.0 Å². The van der Waals surface area contributed by atoms with Gasteiger partial charge >= 0.3 is 0 Å². The number of ether oxygens (including phenoxy) is 2. The van der Waals surface area contributed by atoms with Crippen molar-refractivity contribution in [2.75, 3.05) is 26.3 Å². The topological polar surface area (TPSA) is 88.2 Å². The second-order valence-electron chi connectivity index (χ2n) is 11.5. The second-order valence-corrected chi connectivity index (χ2v) is 11.5. The van der Waals surface area contributed by atoms with Gasteiger partial charge in [0, 0.05) is 30.6 Å². The Morgan fingerprint density at radius 3 is 2.45 bits per heavy atom. The van der Waals surface area contributed by atoms with Gasteiger partial charge in [-0.15, -0.1) is 0 Å². The molecule has 13 heteroatoms. The van der Waals surface area contributed by atoms with Gasteiger partial charge < -0.3 is 19.3 Å². The van der Waals surface area contributed by atoms with Crippen molar-refractivity contribution in [2.45, 2.75) is 36.2 Å². The van der Waals surface area contributed by atoms with Gasteiger partial charge in [-0.2, -0.15) is 0 Å². The summed E-state index contributed by atoms with van der Waals surface area (Å²) < 4.78 is 12.2. The highest BCUT2D eigenvalue weighted by molar-refractivity contribution is 6.43. The van der Waals surface area contributed by atoms with Crippen molar-refractivity contribution >= 4 is 62.4 Å². The summed E-state index contributed by atoms with van der Waals surface area (Å²) in [5, 5.41) is 1.58. The number of nitrogens with one attached hydrogen (secondary N) is 1. The van der Waals surface area contributed by atoms with Gasteiger partial charge in [-0.05, 0) is 35.0 Å². The number of imide groups is 1. The van der Waals surface area contributed by atoms with Crippen molar-refractivity contribution in [1.29, 1.82) is 0 Å². The summed E-state index contributed by atoms with van der Waals surface area (Å²) in [5.74, 6) is -0.284. The lowest BCUT2D eigenvalue weighted by atomic mass is 9.54. The van der Waals surface area contributed by atoms with Crippen LogP contribution in [0.5, 0.6) is 5.75 Å². The number of nitrogens with zero attached hydrogens (tertiary/aromatic N) is 2. The molecule has 1 unspecified atom stereocenters. The number of amides is 3. The number of carbonyl (C=O) groups excluding carboxylic acids is 3. The molecule has 0 bridgehead atoms. The standard InChI is InChI=1S/C25H32B5N3O5/c26-18-12-14(24(27,28)32-8-10-37-11-9-32)4-5-17(18)25(29,30)38-20-3-1-2-15-16(20)13-33(23(15)36)19-6-7-21(34)31-22(19)35/h1-5,12,19H,6-11,13,26-30H2,(H,31,34,35). The Hall–Kier alpha value is -2.91. The minimum atomic E-state index is -0.661. The Morgan fingerprint density at radius 2 is 1.76 bits per heavy atom. The largest absolute Gasteiger partial charge is 0.501 e. The highest BCUT2D eigenvalue weighted by atomic mass is 16.5. The Kier molecular flexibility index (Phi) is 7.03. The zero-order valence-corrected chi connectivity index (χ0v) is 22.9. The maximum atomic E-state index is 13.2. The number of carbonyl (C=O) groups is 3. The van der Waals surface area contributed by atoms with E-state index < -0.39 is 17.3 Å². The maximum Gasteiger partial charge on any atom is 0.255 e. The van der Waals surface area contributed by atoms with E-state index in [1.807, 2.05) is 27.8 Å². The zero-order valence-electron chi connectivity index (χ0n) is 22.9. The van der Waals surface area contributed by atoms with Crippen molar-refractivity contribution in [3.05, 3.63) is 58.7 Å². The number of piperidine rings is 1. The molecular formula is C25H32B5N3O5. The maximum absolute atomic E-state index is 13.2. The molecule has 0 spiro atoms. The van der Waals surface area contributed by atoms with Gasteiger partial charge in [0.25, 0.3) is 5.91 Å². The molecule has 38 heavy (non-hydrogen) atoms. The van der Waals surface area contributed by atoms with E-state index in [4.69, 9.17) is 9.47 Å². The molecule has 0 saturated carbocycles. The molecule has 2 fully saturated rings. The second kappa shape index (κ2) is 10.0. The van der Waals surface area contributed by atoms with E-state index >= 15 is 0 Å². The molecule has 1 atom stereocenters. The Morgan fingerprint density at radius 1 is 1.03 bits per heavy atom. The third-order valence-electron chi connectivity index (χ3n) is 8.29. The number of fused-ring (bicyclic) bond motifs is 1. The SMILES string of the molecule is Bc1cc(C(B)(B)N2CCOCC2)ccc1C(B)(B)Oc1cccc2c1CN(C1CCC(=O)NC1=O)C2=O. The van der Waals surface area contributed by atoms with Crippen molar-refractivity contribution in [1.82, 2.24) is 15.1 Å². The van der Waals surface area contributed by atoms with Crippen LogP contribution in [0.1, 0.15) is 39.9 Å². The molecule has 5 rings (SSSR count). The first-order valence-corrected chi connectivity index (χ1v) is 13.4. The molecule has 2 saturated heterocycles. The van der Waals surface area contributed by atoms with Crippen LogP contribution >= 0.6 is 0 Å². The zero-order chi connectivity index (χ0) is 27.2. The molecule has 3 heterocycles. The van der Waals surface area contributed by atoms with Crippen molar-refractivity contribution in [3.8, 4) is 5.75 Å². The molecule has 192 valence electrons. The summed E-state index contributed by atoms with van der Waals surface area (Å²) >= 11 is 0. The number of morpholine rings is 1. The fourth-order valence-corrected chi connectivity index (χ4v) is 6.01. The lowest BCUT2D eigenvalue weighted by Crippen LogP contribution is -2.52. The van der Waals surface area contributed by atoms with Crippen LogP contribution in [0.2, 0.25) is 0 Å². The predicted molar refractivity (Wildman–Crippen MR) is 158 cm³/mol. The van der Waals surface area contributed by atoms with Crippen LogP contribution < -0.4 is 15.5 Å². The summed E-state index contributed by atoms with van der Waals surface area (Å²) in [6, 6.07) is 11.4. The predicted octanol–water partition coefficient (Wildman–Crippen LogP) is -4.13. The first-order valence-electron chi connectivity index (χ1n) is 13.4. The van der Waals surface area contributed by atoms with Crippen LogP contribution in [-0.2, 0) is 31.6 Å². The number of hydrogen-bond donors (Lipinski definition) is 1. The summed E-state index contributed by atoms with van der Waals surface area (Å²) in [4.78, 5) is 41.3. The van der Waals surface area contributed by atoms with Crippen molar-refractivity contribution < 1.29 is 23.9 Å². The smallest absolute Gasteiger partial charge is 0.255 e. The highest BCUT2D eigenvalue weighted by Crippen LogP contribution is 2.36. The molecule has 0 aliphatic carbocycles.